The van der Waals surface area contributed by atoms with Gasteiger partial charge in [0.2, 0.25) is 6.18 Å². The summed E-state index contributed by atoms with van der Waals surface area (Å²) in [6.45, 7) is 9.89. The first kappa shape index (κ1) is 18.0. The third-order valence-electron chi connectivity index (χ3n) is 2.47. The Morgan fingerprint density at radius 1 is 0.882 bits per heavy atom. The minimum Gasteiger partial charge on any atom is -0.327 e. The molecule has 0 aliphatic carbocycles. The van der Waals surface area contributed by atoms with E-state index in [2.05, 4.69) is 13.8 Å². The second-order valence-electron chi connectivity index (χ2n) is 3.96. The molecule has 5 heteroatoms. The summed E-state index contributed by atoms with van der Waals surface area (Å²) in [6, 6.07) is 0. The summed E-state index contributed by atoms with van der Waals surface area (Å²) in [5, 5.41) is 0. The molecular weight excluding hydrogens is 270 g/mol. The van der Waals surface area contributed by atoms with Crippen LogP contribution in [0, 0.1) is 0 Å². The van der Waals surface area contributed by atoms with Crippen LogP contribution in [0.5, 0.6) is 0 Å². The van der Waals surface area contributed by atoms with Gasteiger partial charge in [0.25, 0.3) is 0 Å². The highest BCUT2D eigenvalue weighted by atomic mass is 32.6. The summed E-state index contributed by atoms with van der Waals surface area (Å²) in [7, 11) is -0.248. The number of hydrogen-bond donors (Lipinski definition) is 0. The molecule has 0 aromatic heterocycles. The van der Waals surface area contributed by atoms with Crippen molar-refractivity contribution in [3.05, 3.63) is 0 Å². The maximum absolute atomic E-state index is 5.86. The summed E-state index contributed by atoms with van der Waals surface area (Å²) >= 11 is 5.74. The molecule has 17 heavy (non-hydrogen) atoms. The smallest absolute Gasteiger partial charge is 0.209 e. The van der Waals surface area contributed by atoms with Crippen LogP contribution in [0.3, 0.4) is 0 Å². The third-order valence-corrected chi connectivity index (χ3v) is 12.7. The first-order chi connectivity index (χ1) is 8.14. The van der Waals surface area contributed by atoms with Gasteiger partial charge in [0, 0.05) is 0 Å². The Kier molecular flexibility index (Phi) is 11.5. The Bertz CT molecular complexity index is 207. The van der Waals surface area contributed by atoms with Gasteiger partial charge in [-0.05, 0) is 58.4 Å². The fourth-order valence-corrected chi connectivity index (χ4v) is 10.8. The predicted molar refractivity (Wildman–Crippen MR) is 84.0 cm³/mol. The predicted octanol–water partition coefficient (Wildman–Crippen LogP) is 5.37. The van der Waals surface area contributed by atoms with Crippen molar-refractivity contribution in [2.45, 2.75) is 53.4 Å². The Morgan fingerprint density at radius 3 is 1.59 bits per heavy atom. The second-order valence-corrected chi connectivity index (χ2v) is 12.9. The van der Waals surface area contributed by atoms with Crippen LogP contribution >= 0.6 is 13.8 Å². The van der Waals surface area contributed by atoms with Gasteiger partial charge in [0.15, 0.2) is 0 Å². The van der Waals surface area contributed by atoms with E-state index in [0.29, 0.717) is 13.2 Å². The molecule has 0 N–H and O–H groups in total. The van der Waals surface area contributed by atoms with Crippen molar-refractivity contribution in [3.8, 4) is 0 Å². The standard InChI is InChI=1S/C12H28O2P2S/c1-5-9-11-15(12-10-6-2)16(17,13-7-3)14-8-4/h5-12H2,1-4H3. The zero-order valence-corrected chi connectivity index (χ0v) is 14.4. The molecule has 0 radical (unpaired) electrons. The first-order valence-corrected chi connectivity index (χ1v) is 11.8. The monoisotopic (exact) mass is 298 g/mol. The molecule has 0 amide bonds. The van der Waals surface area contributed by atoms with Crippen LogP contribution in [0.1, 0.15) is 53.4 Å². The van der Waals surface area contributed by atoms with Crippen molar-refractivity contribution in [2.24, 2.45) is 0 Å². The van der Waals surface area contributed by atoms with E-state index in [1.807, 2.05) is 13.8 Å². The summed E-state index contributed by atoms with van der Waals surface area (Å²) in [6.07, 6.45) is 5.44. The average molecular weight is 298 g/mol. The van der Waals surface area contributed by atoms with Gasteiger partial charge in [-0.25, -0.2) is 0 Å². The Morgan fingerprint density at radius 2 is 1.29 bits per heavy atom. The molecule has 0 fully saturated rings. The molecule has 0 unspecified atom stereocenters. The molecule has 0 aliphatic heterocycles. The van der Waals surface area contributed by atoms with Crippen LogP contribution in [0.4, 0.5) is 0 Å². The lowest BCUT2D eigenvalue weighted by molar-refractivity contribution is 0.279. The Labute approximate surface area is 114 Å². The highest BCUT2D eigenvalue weighted by Gasteiger charge is 2.28. The molecule has 0 heterocycles. The third kappa shape index (κ3) is 7.23. The molecule has 0 spiro atoms. The van der Waals surface area contributed by atoms with Crippen LogP contribution in [-0.2, 0) is 20.9 Å². The van der Waals surface area contributed by atoms with Crippen molar-refractivity contribution in [3.63, 3.8) is 0 Å². The molecule has 0 saturated carbocycles. The van der Waals surface area contributed by atoms with E-state index in [9.17, 15) is 0 Å². The molecule has 104 valence electrons. The van der Waals surface area contributed by atoms with E-state index in [4.69, 9.17) is 20.9 Å². The number of rotatable bonds is 11. The van der Waals surface area contributed by atoms with Crippen molar-refractivity contribution in [1.29, 1.82) is 0 Å². The normalized spacial score (nSPS) is 12.3. The molecule has 0 aliphatic rings. The lowest BCUT2D eigenvalue weighted by atomic mass is 10.4. The van der Waals surface area contributed by atoms with Crippen LogP contribution in [-0.4, -0.2) is 25.5 Å². The topological polar surface area (TPSA) is 18.5 Å². The molecule has 0 aromatic rings. The fraction of sp³-hybridized carbons (Fsp3) is 1.00. The fourth-order valence-electron chi connectivity index (χ4n) is 1.56. The van der Waals surface area contributed by atoms with Crippen LogP contribution in [0.25, 0.3) is 0 Å². The van der Waals surface area contributed by atoms with E-state index >= 15 is 0 Å². The number of unbranched alkanes of at least 4 members (excludes halogenated alkanes) is 2. The SMILES string of the molecule is CCCCP(CCCC)P(=S)(OCC)OCC. The van der Waals surface area contributed by atoms with Gasteiger partial charge in [-0.15, -0.1) is 0 Å². The summed E-state index contributed by atoms with van der Waals surface area (Å²) in [5.41, 5.74) is 0. The number of hydrogen-bond acceptors (Lipinski definition) is 3. The summed E-state index contributed by atoms with van der Waals surface area (Å²) < 4.78 is 11.7. The van der Waals surface area contributed by atoms with Gasteiger partial charge in [0.1, 0.15) is 0 Å². The Hall–Kier alpha value is 1.00. The van der Waals surface area contributed by atoms with Gasteiger partial charge in [-0.3, -0.25) is 0 Å². The maximum Gasteiger partial charge on any atom is 0.209 e. The van der Waals surface area contributed by atoms with Crippen LogP contribution < -0.4 is 0 Å². The van der Waals surface area contributed by atoms with Gasteiger partial charge < -0.3 is 9.05 Å². The largest absolute Gasteiger partial charge is 0.327 e. The molecule has 0 aromatic carbocycles. The van der Waals surface area contributed by atoms with E-state index in [1.54, 1.807) is 0 Å². The Balaban J connectivity index is 4.59. The van der Waals surface area contributed by atoms with Crippen molar-refractivity contribution in [2.75, 3.05) is 25.5 Å². The van der Waals surface area contributed by atoms with E-state index < -0.39 is 6.18 Å². The molecule has 2 nitrogen and oxygen atoms in total. The van der Waals surface area contributed by atoms with E-state index in [0.717, 1.165) is 0 Å². The van der Waals surface area contributed by atoms with Crippen LogP contribution in [0.2, 0.25) is 0 Å². The van der Waals surface area contributed by atoms with Gasteiger partial charge in [0.05, 0.1) is 13.2 Å². The summed E-state index contributed by atoms with van der Waals surface area (Å²) in [4.78, 5) is 0. The zero-order valence-electron chi connectivity index (χ0n) is 11.8. The molecular formula is C12H28O2P2S. The first-order valence-electron chi connectivity index (χ1n) is 6.79. The molecule has 0 atom stereocenters. The summed E-state index contributed by atoms with van der Waals surface area (Å²) in [5.74, 6) is 0. The van der Waals surface area contributed by atoms with Gasteiger partial charge >= 0.3 is 0 Å². The quantitative estimate of drug-likeness (QED) is 0.478. The second kappa shape index (κ2) is 10.9. The average Bonchev–Trinajstić information content (AvgIpc) is 2.29. The van der Waals surface area contributed by atoms with Crippen molar-refractivity contribution >= 4 is 25.6 Å². The highest BCUT2D eigenvalue weighted by Crippen LogP contribution is 2.77. The van der Waals surface area contributed by atoms with E-state index in [1.165, 1.54) is 38.0 Å². The molecule has 0 bridgehead atoms. The van der Waals surface area contributed by atoms with Crippen molar-refractivity contribution < 1.29 is 9.05 Å². The minimum absolute atomic E-state index is 0.248. The van der Waals surface area contributed by atoms with Gasteiger partial charge in [-0.2, -0.15) is 0 Å². The van der Waals surface area contributed by atoms with Gasteiger partial charge in [-0.1, -0.05) is 26.7 Å². The van der Waals surface area contributed by atoms with Crippen LogP contribution in [0.15, 0.2) is 0 Å². The van der Waals surface area contributed by atoms with E-state index in [-0.39, 0.29) is 7.61 Å². The van der Waals surface area contributed by atoms with Crippen molar-refractivity contribution in [1.82, 2.24) is 0 Å². The highest BCUT2D eigenvalue weighted by molar-refractivity contribution is 8.48. The zero-order chi connectivity index (χ0) is 13.1. The lowest BCUT2D eigenvalue weighted by Gasteiger charge is -2.30. The molecule has 0 rings (SSSR count). The molecule has 0 saturated heterocycles. The maximum atomic E-state index is 5.86. The minimum atomic E-state index is -1.99. The lowest BCUT2D eigenvalue weighted by Crippen LogP contribution is -1.99.